The molecule has 0 atom stereocenters. The highest BCUT2D eigenvalue weighted by Gasteiger charge is 2.03. The molecule has 0 spiro atoms. The lowest BCUT2D eigenvalue weighted by atomic mass is 10.2. The molecule has 0 bridgehead atoms. The Kier molecular flexibility index (Phi) is 2.68. The second-order valence-electron chi connectivity index (χ2n) is 2.18. The molecule has 0 fully saturated rings. The summed E-state index contributed by atoms with van der Waals surface area (Å²) in [6.45, 7) is 1.52. The van der Waals surface area contributed by atoms with Gasteiger partial charge in [0.15, 0.2) is 5.78 Å². The minimum absolute atomic E-state index is 0.0357. The molecule has 3 heteroatoms. The summed E-state index contributed by atoms with van der Waals surface area (Å²) < 4.78 is 0.748. The first kappa shape index (κ1) is 8.75. The van der Waals surface area contributed by atoms with Crippen LogP contribution in [0.15, 0.2) is 22.7 Å². The number of hydrogen-bond acceptors (Lipinski definition) is 1. The van der Waals surface area contributed by atoms with Crippen LogP contribution in [0.4, 0.5) is 0 Å². The van der Waals surface area contributed by atoms with Crippen molar-refractivity contribution in [2.24, 2.45) is 0 Å². The molecule has 0 aliphatic rings. The van der Waals surface area contributed by atoms with Crippen LogP contribution in [0.2, 0.25) is 5.02 Å². The average molecular weight is 233 g/mol. The van der Waals surface area contributed by atoms with Gasteiger partial charge in [-0.05, 0) is 41.1 Å². The van der Waals surface area contributed by atoms with Gasteiger partial charge < -0.3 is 0 Å². The molecule has 1 nitrogen and oxygen atoms in total. The van der Waals surface area contributed by atoms with Crippen molar-refractivity contribution < 1.29 is 4.79 Å². The van der Waals surface area contributed by atoms with Crippen molar-refractivity contribution in [3.05, 3.63) is 33.3 Å². The fraction of sp³-hybridized carbons (Fsp3) is 0.125. The van der Waals surface area contributed by atoms with Gasteiger partial charge >= 0.3 is 0 Å². The Bertz CT molecular complexity index is 296. The molecule has 0 heterocycles. The maximum atomic E-state index is 10.9. The van der Waals surface area contributed by atoms with E-state index in [1.54, 1.807) is 18.2 Å². The monoisotopic (exact) mass is 232 g/mol. The van der Waals surface area contributed by atoms with Crippen LogP contribution in [0.3, 0.4) is 0 Å². The number of rotatable bonds is 1. The topological polar surface area (TPSA) is 17.1 Å². The van der Waals surface area contributed by atoms with E-state index in [2.05, 4.69) is 15.9 Å². The molecule has 0 unspecified atom stereocenters. The van der Waals surface area contributed by atoms with Crippen molar-refractivity contribution in [1.29, 1.82) is 0 Å². The Labute approximate surface area is 78.5 Å². The maximum absolute atomic E-state index is 10.9. The van der Waals surface area contributed by atoms with E-state index >= 15 is 0 Å². The first-order valence-electron chi connectivity index (χ1n) is 3.07. The third kappa shape index (κ3) is 2.04. The summed E-state index contributed by atoms with van der Waals surface area (Å²) in [7, 11) is 0. The molecule has 0 radical (unpaired) electrons. The van der Waals surface area contributed by atoms with Crippen molar-refractivity contribution in [3.63, 3.8) is 0 Å². The average Bonchev–Trinajstić information content (AvgIpc) is 1.85. The molecule has 58 valence electrons. The van der Waals surface area contributed by atoms with Gasteiger partial charge in [0, 0.05) is 15.1 Å². The predicted octanol–water partition coefficient (Wildman–Crippen LogP) is 3.31. The summed E-state index contributed by atoms with van der Waals surface area (Å²) in [6.07, 6.45) is 0. The van der Waals surface area contributed by atoms with Crippen LogP contribution in [-0.2, 0) is 0 Å². The van der Waals surface area contributed by atoms with Gasteiger partial charge in [0.2, 0.25) is 0 Å². The number of carbonyl (C=O) groups excluding carboxylic acids is 1. The van der Waals surface area contributed by atoms with Gasteiger partial charge in [0.05, 0.1) is 0 Å². The third-order valence-electron chi connectivity index (χ3n) is 1.31. The van der Waals surface area contributed by atoms with Crippen molar-refractivity contribution in [1.82, 2.24) is 0 Å². The van der Waals surface area contributed by atoms with Crippen LogP contribution in [0.25, 0.3) is 0 Å². The zero-order valence-corrected chi connectivity index (χ0v) is 8.24. The number of carbonyl (C=O) groups is 1. The summed E-state index contributed by atoms with van der Waals surface area (Å²) in [5.41, 5.74) is 0.661. The number of Topliss-reactive ketones (excluding diaryl/α,β-unsaturated/α-hetero) is 1. The highest BCUT2D eigenvalue weighted by Crippen LogP contribution is 2.21. The molecule has 0 aliphatic carbocycles. The van der Waals surface area contributed by atoms with E-state index in [0.29, 0.717) is 10.6 Å². The van der Waals surface area contributed by atoms with E-state index in [1.807, 2.05) is 0 Å². The van der Waals surface area contributed by atoms with Crippen LogP contribution < -0.4 is 0 Å². The van der Waals surface area contributed by atoms with E-state index in [9.17, 15) is 4.79 Å². The maximum Gasteiger partial charge on any atom is 0.160 e. The van der Waals surface area contributed by atoms with Crippen molar-refractivity contribution in [3.8, 4) is 0 Å². The zero-order chi connectivity index (χ0) is 8.43. The lowest BCUT2D eigenvalue weighted by molar-refractivity contribution is 0.101. The molecular formula is C8H6BrClO. The lowest BCUT2D eigenvalue weighted by Gasteiger charge is -1.98. The molecule has 0 saturated heterocycles. The summed E-state index contributed by atoms with van der Waals surface area (Å²) in [5, 5.41) is 0.627. The second kappa shape index (κ2) is 3.37. The normalized spacial score (nSPS) is 9.73. The minimum Gasteiger partial charge on any atom is -0.294 e. The highest BCUT2D eigenvalue weighted by molar-refractivity contribution is 9.10. The molecule has 0 N–H and O–H groups in total. The van der Waals surface area contributed by atoms with E-state index in [0.717, 1.165) is 4.47 Å². The number of ketones is 1. The Balaban J connectivity index is 3.20. The quantitative estimate of drug-likeness (QED) is 0.680. The Morgan fingerprint density at radius 2 is 2.18 bits per heavy atom. The Hall–Kier alpha value is -0.340. The molecular weight excluding hydrogens is 227 g/mol. The first-order valence-corrected chi connectivity index (χ1v) is 4.24. The molecule has 0 aromatic heterocycles. The summed E-state index contributed by atoms with van der Waals surface area (Å²) in [6, 6.07) is 5.11. The fourth-order valence-corrected chi connectivity index (χ4v) is 1.74. The van der Waals surface area contributed by atoms with E-state index in [-0.39, 0.29) is 5.78 Å². The third-order valence-corrected chi connectivity index (χ3v) is 2.20. The largest absolute Gasteiger partial charge is 0.294 e. The predicted molar refractivity (Wildman–Crippen MR) is 49.2 cm³/mol. The van der Waals surface area contributed by atoms with E-state index in [1.165, 1.54) is 6.92 Å². The minimum atomic E-state index is 0.0357. The van der Waals surface area contributed by atoms with E-state index < -0.39 is 0 Å². The SMILES string of the molecule is CC(=O)c1ccc(Cl)cc1Br. The molecule has 11 heavy (non-hydrogen) atoms. The van der Waals surface area contributed by atoms with Crippen LogP contribution in [0, 0.1) is 0 Å². The summed E-state index contributed by atoms with van der Waals surface area (Å²) >= 11 is 8.92. The van der Waals surface area contributed by atoms with Crippen LogP contribution in [0.5, 0.6) is 0 Å². The Morgan fingerprint density at radius 1 is 1.55 bits per heavy atom. The van der Waals surface area contributed by atoms with Crippen molar-refractivity contribution in [2.45, 2.75) is 6.92 Å². The fourth-order valence-electron chi connectivity index (χ4n) is 0.775. The molecule has 0 aliphatic heterocycles. The van der Waals surface area contributed by atoms with Gasteiger partial charge in [0.1, 0.15) is 0 Å². The highest BCUT2D eigenvalue weighted by atomic mass is 79.9. The molecule has 0 saturated carbocycles. The van der Waals surface area contributed by atoms with E-state index in [4.69, 9.17) is 11.6 Å². The summed E-state index contributed by atoms with van der Waals surface area (Å²) in [5.74, 6) is 0.0357. The number of halogens is 2. The molecule has 1 rings (SSSR count). The van der Waals surface area contributed by atoms with Crippen LogP contribution in [-0.4, -0.2) is 5.78 Å². The second-order valence-corrected chi connectivity index (χ2v) is 3.47. The van der Waals surface area contributed by atoms with Gasteiger partial charge in [0.25, 0.3) is 0 Å². The van der Waals surface area contributed by atoms with Crippen molar-refractivity contribution in [2.75, 3.05) is 0 Å². The summed E-state index contributed by atoms with van der Waals surface area (Å²) in [4.78, 5) is 10.9. The van der Waals surface area contributed by atoms with Gasteiger partial charge in [-0.25, -0.2) is 0 Å². The van der Waals surface area contributed by atoms with Crippen LogP contribution in [0.1, 0.15) is 17.3 Å². The smallest absolute Gasteiger partial charge is 0.160 e. The van der Waals surface area contributed by atoms with Gasteiger partial charge in [-0.15, -0.1) is 0 Å². The number of hydrogen-bond donors (Lipinski definition) is 0. The van der Waals surface area contributed by atoms with Gasteiger partial charge in [-0.1, -0.05) is 11.6 Å². The van der Waals surface area contributed by atoms with Crippen molar-refractivity contribution >= 4 is 33.3 Å². The lowest BCUT2D eigenvalue weighted by Crippen LogP contribution is -1.92. The number of benzene rings is 1. The molecule has 1 aromatic carbocycles. The molecule has 1 aromatic rings. The standard InChI is InChI=1S/C8H6BrClO/c1-5(11)7-3-2-6(10)4-8(7)9/h2-4H,1H3. The Morgan fingerprint density at radius 3 is 2.64 bits per heavy atom. The zero-order valence-electron chi connectivity index (χ0n) is 5.90. The van der Waals surface area contributed by atoms with Gasteiger partial charge in [-0.2, -0.15) is 0 Å². The van der Waals surface area contributed by atoms with Crippen LogP contribution >= 0.6 is 27.5 Å². The molecule has 0 amide bonds. The first-order chi connectivity index (χ1) is 5.11. The van der Waals surface area contributed by atoms with Gasteiger partial charge in [-0.3, -0.25) is 4.79 Å².